The fourth-order valence-electron chi connectivity index (χ4n) is 2.73. The van der Waals surface area contributed by atoms with Gasteiger partial charge in [0.1, 0.15) is 6.33 Å². The summed E-state index contributed by atoms with van der Waals surface area (Å²) in [6, 6.07) is 16.1. The number of hydrogen-bond donors (Lipinski definition) is 2. The van der Waals surface area contributed by atoms with E-state index in [-0.39, 0.29) is 29.1 Å². The molecule has 2 aromatic carbocycles. The van der Waals surface area contributed by atoms with E-state index in [0.717, 1.165) is 5.56 Å². The van der Waals surface area contributed by atoms with Crippen molar-refractivity contribution in [1.29, 1.82) is 0 Å². The van der Waals surface area contributed by atoms with Crippen LogP contribution in [0.2, 0.25) is 0 Å². The van der Waals surface area contributed by atoms with Crippen molar-refractivity contribution in [1.82, 2.24) is 9.97 Å². The summed E-state index contributed by atoms with van der Waals surface area (Å²) >= 11 is 0. The highest BCUT2D eigenvalue weighted by atomic mass is 16.6. The van der Waals surface area contributed by atoms with Crippen LogP contribution in [0, 0.1) is 10.1 Å². The first kappa shape index (κ1) is 19.0. The van der Waals surface area contributed by atoms with E-state index >= 15 is 0 Å². The number of aromatic nitrogens is 2. The molecule has 1 aromatic heterocycles. The molecule has 0 spiro atoms. The molecule has 0 aliphatic carbocycles. The number of hydrogen-bond acceptors (Lipinski definition) is 7. The fraction of sp³-hybridized carbons (Fsp3) is 0.150. The van der Waals surface area contributed by atoms with Gasteiger partial charge in [-0.15, -0.1) is 0 Å². The molecule has 0 aliphatic rings. The minimum atomic E-state index is -0.531. The standard InChI is InChI=1S/C20H19N5O3/c1-13(15-7-4-3-5-8-15)23-19-18(25(27)28)20(22-12-21-19)24-17-10-6-9-16(11-17)14(2)26/h3-13H,1-2H3,(H2,21,22,23,24). The molecule has 0 aliphatic heterocycles. The zero-order chi connectivity index (χ0) is 20.1. The third kappa shape index (κ3) is 4.29. The summed E-state index contributed by atoms with van der Waals surface area (Å²) in [5, 5.41) is 17.7. The highest BCUT2D eigenvalue weighted by Crippen LogP contribution is 2.33. The Labute approximate surface area is 161 Å². The average Bonchev–Trinajstić information content (AvgIpc) is 2.68. The van der Waals surface area contributed by atoms with Crippen LogP contribution in [-0.4, -0.2) is 20.7 Å². The van der Waals surface area contributed by atoms with Crippen LogP contribution >= 0.6 is 0 Å². The van der Waals surface area contributed by atoms with E-state index in [4.69, 9.17) is 0 Å². The number of nitro groups is 1. The SMILES string of the molecule is CC(=O)c1cccc(Nc2ncnc(NC(C)c3ccccc3)c2[N+](=O)[O-])c1. The molecular weight excluding hydrogens is 358 g/mol. The van der Waals surface area contributed by atoms with Crippen LogP contribution in [0.25, 0.3) is 0 Å². The Morgan fingerprint density at radius 1 is 1.07 bits per heavy atom. The van der Waals surface area contributed by atoms with Gasteiger partial charge in [-0.1, -0.05) is 42.5 Å². The van der Waals surface area contributed by atoms with Gasteiger partial charge in [0.15, 0.2) is 5.78 Å². The monoisotopic (exact) mass is 377 g/mol. The smallest absolute Gasteiger partial charge is 0.353 e. The third-order valence-corrected chi connectivity index (χ3v) is 4.19. The molecule has 0 saturated heterocycles. The Hall–Kier alpha value is -3.81. The van der Waals surface area contributed by atoms with E-state index in [9.17, 15) is 14.9 Å². The number of anilines is 3. The van der Waals surface area contributed by atoms with Gasteiger partial charge < -0.3 is 10.6 Å². The Bertz CT molecular complexity index is 1010. The van der Waals surface area contributed by atoms with E-state index in [2.05, 4.69) is 20.6 Å². The molecule has 0 radical (unpaired) electrons. The largest absolute Gasteiger partial charge is 0.358 e. The van der Waals surface area contributed by atoms with E-state index < -0.39 is 4.92 Å². The lowest BCUT2D eigenvalue weighted by molar-refractivity contribution is -0.383. The third-order valence-electron chi connectivity index (χ3n) is 4.19. The number of carbonyl (C=O) groups excluding carboxylic acids is 1. The normalized spacial score (nSPS) is 11.5. The maximum atomic E-state index is 11.7. The molecule has 0 fully saturated rings. The molecule has 8 nitrogen and oxygen atoms in total. The van der Waals surface area contributed by atoms with Crippen LogP contribution in [0.5, 0.6) is 0 Å². The summed E-state index contributed by atoms with van der Waals surface area (Å²) in [6.45, 7) is 3.35. The van der Waals surface area contributed by atoms with Gasteiger partial charge in [0, 0.05) is 11.3 Å². The number of nitrogens with one attached hydrogen (secondary N) is 2. The van der Waals surface area contributed by atoms with Gasteiger partial charge in [0.05, 0.1) is 11.0 Å². The predicted octanol–water partition coefficient (Wildman–Crippen LogP) is 4.50. The van der Waals surface area contributed by atoms with Crippen molar-refractivity contribution in [2.45, 2.75) is 19.9 Å². The predicted molar refractivity (Wildman–Crippen MR) is 107 cm³/mol. The van der Waals surface area contributed by atoms with Gasteiger partial charge in [0.25, 0.3) is 0 Å². The number of ketones is 1. The summed E-state index contributed by atoms with van der Waals surface area (Å²) in [5.74, 6) is 0.0601. The highest BCUT2D eigenvalue weighted by molar-refractivity contribution is 5.95. The number of benzene rings is 2. The highest BCUT2D eigenvalue weighted by Gasteiger charge is 2.24. The number of nitrogens with zero attached hydrogens (tertiary/aromatic N) is 3. The second-order valence-corrected chi connectivity index (χ2v) is 6.22. The Kier molecular flexibility index (Phi) is 5.59. The maximum absolute atomic E-state index is 11.7. The summed E-state index contributed by atoms with van der Waals surface area (Å²) in [7, 11) is 0. The Morgan fingerprint density at radius 2 is 1.79 bits per heavy atom. The summed E-state index contributed by atoms with van der Waals surface area (Å²) < 4.78 is 0. The second kappa shape index (κ2) is 8.26. The van der Waals surface area contributed by atoms with Crippen molar-refractivity contribution >= 4 is 28.8 Å². The lowest BCUT2D eigenvalue weighted by Crippen LogP contribution is -2.11. The number of Topliss-reactive ketones (excluding diaryl/α,β-unsaturated/α-hetero) is 1. The van der Waals surface area contributed by atoms with E-state index in [1.54, 1.807) is 24.3 Å². The van der Waals surface area contributed by atoms with Crippen molar-refractivity contribution < 1.29 is 9.72 Å². The molecule has 2 N–H and O–H groups in total. The lowest BCUT2D eigenvalue weighted by Gasteiger charge is -2.16. The molecule has 3 rings (SSSR count). The molecule has 3 aromatic rings. The molecule has 0 amide bonds. The topological polar surface area (TPSA) is 110 Å². The molecule has 0 saturated carbocycles. The van der Waals surface area contributed by atoms with Crippen LogP contribution < -0.4 is 10.6 Å². The summed E-state index contributed by atoms with van der Waals surface area (Å²) in [5.41, 5.74) is 1.73. The van der Waals surface area contributed by atoms with E-state index in [1.165, 1.54) is 13.3 Å². The minimum Gasteiger partial charge on any atom is -0.358 e. The molecule has 1 atom stereocenters. The molecule has 0 bridgehead atoms. The van der Waals surface area contributed by atoms with Crippen molar-refractivity contribution in [2.75, 3.05) is 10.6 Å². The average molecular weight is 377 g/mol. The van der Waals surface area contributed by atoms with Crippen molar-refractivity contribution in [3.05, 3.63) is 82.2 Å². The zero-order valence-electron chi connectivity index (χ0n) is 15.4. The molecule has 1 unspecified atom stereocenters. The first-order valence-electron chi connectivity index (χ1n) is 8.64. The van der Waals surface area contributed by atoms with Crippen LogP contribution in [0.1, 0.15) is 35.8 Å². The number of carbonyl (C=O) groups is 1. The van der Waals surface area contributed by atoms with Gasteiger partial charge >= 0.3 is 5.69 Å². The zero-order valence-corrected chi connectivity index (χ0v) is 15.4. The molecule has 8 heteroatoms. The molecule has 28 heavy (non-hydrogen) atoms. The van der Waals surface area contributed by atoms with Crippen LogP contribution in [0.15, 0.2) is 60.9 Å². The first-order chi connectivity index (χ1) is 13.5. The van der Waals surface area contributed by atoms with Crippen molar-refractivity contribution in [3.8, 4) is 0 Å². The quantitative estimate of drug-likeness (QED) is 0.354. The first-order valence-corrected chi connectivity index (χ1v) is 8.64. The van der Waals surface area contributed by atoms with Crippen LogP contribution in [0.4, 0.5) is 23.0 Å². The fourth-order valence-corrected chi connectivity index (χ4v) is 2.73. The molecule has 1 heterocycles. The lowest BCUT2D eigenvalue weighted by atomic mass is 10.1. The van der Waals surface area contributed by atoms with Crippen LogP contribution in [0.3, 0.4) is 0 Å². The Balaban J connectivity index is 1.92. The maximum Gasteiger partial charge on any atom is 0.353 e. The van der Waals surface area contributed by atoms with Crippen molar-refractivity contribution in [3.63, 3.8) is 0 Å². The van der Waals surface area contributed by atoms with E-state index in [1.807, 2.05) is 37.3 Å². The van der Waals surface area contributed by atoms with Gasteiger partial charge in [0.2, 0.25) is 11.6 Å². The van der Waals surface area contributed by atoms with Crippen LogP contribution in [-0.2, 0) is 0 Å². The minimum absolute atomic E-state index is 0.0449. The molecule has 142 valence electrons. The van der Waals surface area contributed by atoms with E-state index in [0.29, 0.717) is 11.3 Å². The van der Waals surface area contributed by atoms with Gasteiger partial charge in [-0.3, -0.25) is 14.9 Å². The number of rotatable bonds is 7. The van der Waals surface area contributed by atoms with Crippen molar-refractivity contribution in [2.24, 2.45) is 0 Å². The van der Waals surface area contributed by atoms with Gasteiger partial charge in [-0.25, -0.2) is 9.97 Å². The van der Waals surface area contributed by atoms with Gasteiger partial charge in [-0.2, -0.15) is 0 Å². The molecular formula is C20H19N5O3. The summed E-state index contributed by atoms with van der Waals surface area (Å²) in [4.78, 5) is 30.8. The Morgan fingerprint density at radius 3 is 2.46 bits per heavy atom. The van der Waals surface area contributed by atoms with Gasteiger partial charge in [-0.05, 0) is 31.5 Å². The second-order valence-electron chi connectivity index (χ2n) is 6.22. The summed E-state index contributed by atoms with van der Waals surface area (Å²) in [6.07, 6.45) is 1.25.